The summed E-state index contributed by atoms with van der Waals surface area (Å²) in [5.74, 6) is 0.876. The molecule has 0 amide bonds. The van der Waals surface area contributed by atoms with Gasteiger partial charge in [0.2, 0.25) is 0 Å². The maximum absolute atomic E-state index is 5.83. The molecule has 4 nitrogen and oxygen atoms in total. The van der Waals surface area contributed by atoms with Gasteiger partial charge in [-0.05, 0) is 40.2 Å². The molecular formula is C32H66N3O+. The second-order valence-electron chi connectivity index (χ2n) is 13.0. The molecule has 2 N–H and O–H groups in total. The SMILES string of the molecule is CCCCCCCCCCCCCCCCCCCN1C(C2C[N+](C)(CC)C2)C1(C)CCOC(C)N. The van der Waals surface area contributed by atoms with Crippen molar-refractivity contribution in [1.82, 2.24) is 4.90 Å². The minimum atomic E-state index is -0.145. The highest BCUT2D eigenvalue weighted by Gasteiger charge is 2.65. The second kappa shape index (κ2) is 17.4. The third-order valence-electron chi connectivity index (χ3n) is 9.61. The summed E-state index contributed by atoms with van der Waals surface area (Å²) in [7, 11) is 2.43. The molecule has 4 heteroatoms. The molecule has 2 fully saturated rings. The maximum atomic E-state index is 5.83. The fourth-order valence-corrected chi connectivity index (χ4v) is 6.97. The lowest BCUT2D eigenvalue weighted by Crippen LogP contribution is -2.63. The van der Waals surface area contributed by atoms with Crippen LogP contribution in [0.15, 0.2) is 0 Å². The fourth-order valence-electron chi connectivity index (χ4n) is 6.97. The van der Waals surface area contributed by atoms with Crippen molar-refractivity contribution in [1.29, 1.82) is 0 Å². The quantitative estimate of drug-likeness (QED) is 0.0623. The van der Waals surface area contributed by atoms with Gasteiger partial charge in [0.05, 0.1) is 39.2 Å². The van der Waals surface area contributed by atoms with Crippen molar-refractivity contribution in [2.45, 2.75) is 161 Å². The summed E-state index contributed by atoms with van der Waals surface area (Å²) in [5.41, 5.74) is 6.17. The number of nitrogens with zero attached hydrogens (tertiary/aromatic N) is 2. The van der Waals surface area contributed by atoms with E-state index in [1.54, 1.807) is 0 Å². The molecule has 0 aromatic carbocycles. The molecule has 4 unspecified atom stereocenters. The van der Waals surface area contributed by atoms with Crippen molar-refractivity contribution in [3.8, 4) is 0 Å². The first-order chi connectivity index (χ1) is 17.4. The molecule has 0 radical (unpaired) electrons. The lowest BCUT2D eigenvalue weighted by Gasteiger charge is -2.47. The number of likely N-dealkylation sites (tertiary alicyclic amines) is 1. The minimum absolute atomic E-state index is 0.145. The zero-order valence-electron chi connectivity index (χ0n) is 25.4. The monoisotopic (exact) mass is 509 g/mol. The Morgan fingerprint density at radius 3 is 1.67 bits per heavy atom. The standard InChI is InChI=1S/C32H66N3O/c1-6-8-9-10-11-12-13-14-15-16-17-18-19-20-21-22-23-25-34-31(30-27-35(5,7-2)28-30)32(34,4)24-26-36-29(3)33/h29-31H,6-28,33H2,1-5H3/q+1. The van der Waals surface area contributed by atoms with Gasteiger partial charge in [-0.15, -0.1) is 0 Å². The molecular weight excluding hydrogens is 442 g/mol. The Kier molecular flexibility index (Phi) is 15.5. The number of hydrogen-bond donors (Lipinski definition) is 1. The van der Waals surface area contributed by atoms with Crippen molar-refractivity contribution in [2.24, 2.45) is 11.7 Å². The smallest absolute Gasteiger partial charge is 0.102 e. The van der Waals surface area contributed by atoms with Gasteiger partial charge in [-0.25, -0.2) is 0 Å². The van der Waals surface area contributed by atoms with Crippen LogP contribution in [0, 0.1) is 5.92 Å². The van der Waals surface area contributed by atoms with Gasteiger partial charge < -0.3 is 15.0 Å². The summed E-state index contributed by atoms with van der Waals surface area (Å²) in [6.07, 6.45) is 25.5. The molecule has 2 aliphatic heterocycles. The van der Waals surface area contributed by atoms with Crippen molar-refractivity contribution in [3.63, 3.8) is 0 Å². The van der Waals surface area contributed by atoms with Crippen LogP contribution in [0.25, 0.3) is 0 Å². The number of quaternary nitrogens is 1. The largest absolute Gasteiger partial charge is 0.364 e. The lowest BCUT2D eigenvalue weighted by atomic mass is 9.86. The highest BCUT2D eigenvalue weighted by molar-refractivity contribution is 5.17. The van der Waals surface area contributed by atoms with Crippen LogP contribution in [0.5, 0.6) is 0 Å². The molecule has 4 atom stereocenters. The predicted molar refractivity (Wildman–Crippen MR) is 157 cm³/mol. The average molecular weight is 509 g/mol. The predicted octanol–water partition coefficient (Wildman–Crippen LogP) is 7.89. The third-order valence-corrected chi connectivity index (χ3v) is 9.61. The highest BCUT2D eigenvalue weighted by atomic mass is 16.5. The molecule has 2 rings (SSSR count). The average Bonchev–Trinajstić information content (AvgIpc) is 3.41. The summed E-state index contributed by atoms with van der Waals surface area (Å²) in [5, 5.41) is 0. The molecule has 2 aliphatic rings. The topological polar surface area (TPSA) is 38.3 Å². The molecule has 0 saturated carbocycles. The molecule has 214 valence electrons. The first-order valence-corrected chi connectivity index (χ1v) is 16.3. The van der Waals surface area contributed by atoms with E-state index in [1.807, 2.05) is 6.92 Å². The molecule has 2 saturated heterocycles. The van der Waals surface area contributed by atoms with E-state index in [-0.39, 0.29) is 6.23 Å². The van der Waals surface area contributed by atoms with E-state index < -0.39 is 0 Å². The van der Waals surface area contributed by atoms with Gasteiger partial charge in [-0.3, -0.25) is 4.90 Å². The van der Waals surface area contributed by atoms with Crippen molar-refractivity contribution in [2.75, 3.05) is 39.8 Å². The Morgan fingerprint density at radius 1 is 0.806 bits per heavy atom. The van der Waals surface area contributed by atoms with Crippen LogP contribution >= 0.6 is 0 Å². The zero-order valence-corrected chi connectivity index (χ0v) is 25.4. The number of rotatable bonds is 24. The van der Waals surface area contributed by atoms with Crippen LogP contribution in [0.1, 0.15) is 143 Å². The van der Waals surface area contributed by atoms with E-state index in [2.05, 4.69) is 32.7 Å². The molecule has 0 spiro atoms. The molecule has 0 aliphatic carbocycles. The van der Waals surface area contributed by atoms with E-state index >= 15 is 0 Å². The van der Waals surface area contributed by atoms with Crippen molar-refractivity contribution >= 4 is 0 Å². The summed E-state index contributed by atoms with van der Waals surface area (Å²) in [6, 6.07) is 0.771. The van der Waals surface area contributed by atoms with E-state index in [1.165, 1.54) is 140 Å². The molecule has 0 aromatic heterocycles. The summed E-state index contributed by atoms with van der Waals surface area (Å²) >= 11 is 0. The number of unbranched alkanes of at least 4 members (excludes halogenated alkanes) is 16. The minimum Gasteiger partial charge on any atom is -0.364 e. The fraction of sp³-hybridized carbons (Fsp3) is 1.00. The van der Waals surface area contributed by atoms with Crippen LogP contribution in [0.4, 0.5) is 0 Å². The van der Waals surface area contributed by atoms with Crippen LogP contribution in [0.2, 0.25) is 0 Å². The van der Waals surface area contributed by atoms with Gasteiger partial charge in [0, 0.05) is 11.6 Å². The second-order valence-corrected chi connectivity index (χ2v) is 13.0. The van der Waals surface area contributed by atoms with E-state index in [4.69, 9.17) is 10.5 Å². The van der Waals surface area contributed by atoms with Crippen molar-refractivity contribution < 1.29 is 9.22 Å². The van der Waals surface area contributed by atoms with Gasteiger partial charge in [-0.2, -0.15) is 0 Å². The Bertz CT molecular complexity index is 548. The van der Waals surface area contributed by atoms with Gasteiger partial charge in [-0.1, -0.05) is 110 Å². The number of hydrogen-bond acceptors (Lipinski definition) is 3. The van der Waals surface area contributed by atoms with E-state index in [0.29, 0.717) is 5.54 Å². The van der Waals surface area contributed by atoms with Crippen molar-refractivity contribution in [3.05, 3.63) is 0 Å². The van der Waals surface area contributed by atoms with E-state index in [9.17, 15) is 0 Å². The number of ether oxygens (including phenoxy) is 1. The summed E-state index contributed by atoms with van der Waals surface area (Å²) < 4.78 is 7.00. The Balaban J connectivity index is 1.46. The summed E-state index contributed by atoms with van der Waals surface area (Å²) in [6.45, 7) is 15.2. The zero-order chi connectivity index (χ0) is 26.3. The van der Waals surface area contributed by atoms with Crippen LogP contribution in [-0.2, 0) is 4.74 Å². The van der Waals surface area contributed by atoms with Gasteiger partial charge in [0.15, 0.2) is 0 Å². The van der Waals surface area contributed by atoms with Gasteiger partial charge in [0.25, 0.3) is 0 Å². The highest BCUT2D eigenvalue weighted by Crippen LogP contribution is 2.51. The molecule has 2 heterocycles. The van der Waals surface area contributed by atoms with Crippen LogP contribution in [0.3, 0.4) is 0 Å². The first-order valence-electron chi connectivity index (χ1n) is 16.3. The van der Waals surface area contributed by atoms with Crippen LogP contribution in [-0.4, -0.2) is 67.0 Å². The third kappa shape index (κ3) is 11.3. The summed E-state index contributed by atoms with van der Waals surface area (Å²) in [4.78, 5) is 2.83. The Hall–Kier alpha value is -0.160. The molecule has 0 aromatic rings. The van der Waals surface area contributed by atoms with Crippen LogP contribution < -0.4 is 5.73 Å². The van der Waals surface area contributed by atoms with Gasteiger partial charge >= 0.3 is 0 Å². The van der Waals surface area contributed by atoms with Gasteiger partial charge in [0.1, 0.15) is 6.23 Å². The molecule has 0 bridgehead atoms. The molecule has 36 heavy (non-hydrogen) atoms. The number of nitrogens with two attached hydrogens (primary N) is 1. The Labute approximate surface area is 226 Å². The normalized spacial score (nSPS) is 30.3. The lowest BCUT2D eigenvalue weighted by molar-refractivity contribution is -0.955. The first kappa shape index (κ1) is 32.1. The van der Waals surface area contributed by atoms with E-state index in [0.717, 1.165) is 25.0 Å². The maximum Gasteiger partial charge on any atom is 0.102 e. The Morgan fingerprint density at radius 2 is 1.25 bits per heavy atom.